The van der Waals surface area contributed by atoms with Crippen LogP contribution in [-0.4, -0.2) is 42.2 Å². The van der Waals surface area contributed by atoms with E-state index in [2.05, 4.69) is 21.6 Å². The topological polar surface area (TPSA) is 52.9 Å². The van der Waals surface area contributed by atoms with E-state index in [9.17, 15) is 4.79 Å². The van der Waals surface area contributed by atoms with Gasteiger partial charge in [0.1, 0.15) is 18.2 Å². The summed E-state index contributed by atoms with van der Waals surface area (Å²) in [6, 6.07) is 10.1. The van der Waals surface area contributed by atoms with Crippen LogP contribution in [0, 0.1) is 6.92 Å². The van der Waals surface area contributed by atoms with Crippen LogP contribution in [-0.2, 0) is 18.3 Å². The Morgan fingerprint density at radius 3 is 2.90 bits per heavy atom. The predicted molar refractivity (Wildman–Crippen MR) is 115 cm³/mol. The van der Waals surface area contributed by atoms with Gasteiger partial charge >= 0.3 is 0 Å². The van der Waals surface area contributed by atoms with Crippen molar-refractivity contribution in [2.75, 3.05) is 27.0 Å². The molecule has 5 rings (SSSR count). The summed E-state index contributed by atoms with van der Waals surface area (Å²) in [5.74, 6) is 1.69. The van der Waals surface area contributed by atoms with Gasteiger partial charge in [-0.05, 0) is 25.1 Å². The average Bonchev–Trinajstić information content (AvgIpc) is 3.24. The number of para-hydroxylation sites is 1. The van der Waals surface area contributed by atoms with Gasteiger partial charge in [0.05, 0.1) is 12.2 Å². The summed E-state index contributed by atoms with van der Waals surface area (Å²) in [5.41, 5.74) is 4.58. The molecule has 1 aromatic heterocycles. The molecule has 2 aliphatic heterocycles. The number of aromatic nitrogens is 1. The number of hydrogen-bond acceptors (Lipinski definition) is 5. The zero-order valence-electron chi connectivity index (χ0n) is 17.4. The number of Topliss-reactive ketones (excluding diaryl/α,β-unsaturated/α-hetero) is 1. The maximum atomic E-state index is 13.2. The molecule has 0 spiro atoms. The summed E-state index contributed by atoms with van der Waals surface area (Å²) in [6.07, 6.45) is 3.86. The van der Waals surface area contributed by atoms with Gasteiger partial charge in [0, 0.05) is 61.0 Å². The third kappa shape index (κ3) is 3.00. The second-order valence-electron chi connectivity index (χ2n) is 7.84. The molecule has 2 aliphatic rings. The van der Waals surface area contributed by atoms with Gasteiger partial charge in [0.2, 0.25) is 5.78 Å². The van der Waals surface area contributed by atoms with E-state index < -0.39 is 0 Å². The van der Waals surface area contributed by atoms with Crippen molar-refractivity contribution in [3.63, 3.8) is 0 Å². The maximum Gasteiger partial charge on any atom is 0.231 e. The fourth-order valence-electron chi connectivity index (χ4n) is 4.29. The van der Waals surface area contributed by atoms with E-state index in [-0.39, 0.29) is 5.78 Å². The Bertz CT molecular complexity index is 1190. The zero-order valence-corrected chi connectivity index (χ0v) is 17.4. The van der Waals surface area contributed by atoms with Crippen molar-refractivity contribution in [2.24, 2.45) is 7.05 Å². The van der Waals surface area contributed by atoms with Gasteiger partial charge in [-0.15, -0.1) is 0 Å². The molecule has 154 valence electrons. The van der Waals surface area contributed by atoms with E-state index in [0.29, 0.717) is 30.4 Å². The lowest BCUT2D eigenvalue weighted by Gasteiger charge is -2.30. The van der Waals surface area contributed by atoms with E-state index in [1.807, 2.05) is 44.4 Å². The molecule has 0 radical (unpaired) electrons. The third-order valence-electron chi connectivity index (χ3n) is 5.83. The van der Waals surface area contributed by atoms with Gasteiger partial charge in [-0.25, -0.2) is 0 Å². The highest BCUT2D eigenvalue weighted by atomic mass is 16.5. The number of rotatable bonds is 4. The largest absolute Gasteiger partial charge is 0.477 e. The standard InChI is InChI=1S/C24H24N2O4/c1-15-23-17(13-26(14-29-23)8-9-28-3)10-19-22(27)21(30-24(15)19)11-16-12-25(2)20-7-5-4-6-18(16)20/h4-7,10-12H,8-9,13-14H2,1-3H3/b21-11-. The van der Waals surface area contributed by atoms with Gasteiger partial charge in [-0.1, -0.05) is 18.2 Å². The number of nitrogens with zero attached hydrogens (tertiary/aromatic N) is 2. The van der Waals surface area contributed by atoms with Gasteiger partial charge in [-0.2, -0.15) is 0 Å². The predicted octanol–water partition coefficient (Wildman–Crippen LogP) is 3.90. The molecule has 0 bridgehead atoms. The summed E-state index contributed by atoms with van der Waals surface area (Å²) in [4.78, 5) is 15.3. The number of carbonyl (C=O) groups is 1. The molecule has 0 atom stereocenters. The summed E-state index contributed by atoms with van der Waals surface area (Å²) >= 11 is 0. The summed E-state index contributed by atoms with van der Waals surface area (Å²) in [7, 11) is 3.69. The van der Waals surface area contributed by atoms with Crippen LogP contribution in [0.4, 0.5) is 0 Å². The second kappa shape index (κ2) is 7.31. The number of fused-ring (bicyclic) bond motifs is 3. The third-order valence-corrected chi connectivity index (χ3v) is 5.83. The molecule has 0 N–H and O–H groups in total. The van der Waals surface area contributed by atoms with Gasteiger partial charge < -0.3 is 18.8 Å². The van der Waals surface area contributed by atoms with Crippen molar-refractivity contribution >= 4 is 22.8 Å². The van der Waals surface area contributed by atoms with Crippen LogP contribution in [0.1, 0.15) is 27.0 Å². The molecule has 2 aromatic carbocycles. The minimum atomic E-state index is -0.0853. The molecular formula is C24H24N2O4. The highest BCUT2D eigenvalue weighted by Crippen LogP contribution is 2.43. The number of aryl methyl sites for hydroxylation is 1. The van der Waals surface area contributed by atoms with Crippen molar-refractivity contribution < 1.29 is 19.0 Å². The van der Waals surface area contributed by atoms with Crippen LogP contribution < -0.4 is 9.47 Å². The normalized spacial score (nSPS) is 17.2. The average molecular weight is 404 g/mol. The summed E-state index contributed by atoms with van der Waals surface area (Å²) < 4.78 is 19.3. The molecule has 0 fully saturated rings. The number of ether oxygens (including phenoxy) is 3. The van der Waals surface area contributed by atoms with E-state index in [0.717, 1.165) is 46.4 Å². The van der Waals surface area contributed by atoms with E-state index >= 15 is 0 Å². The van der Waals surface area contributed by atoms with Crippen molar-refractivity contribution in [2.45, 2.75) is 13.5 Å². The van der Waals surface area contributed by atoms with E-state index in [4.69, 9.17) is 14.2 Å². The number of allylic oxidation sites excluding steroid dienone is 1. The number of carbonyl (C=O) groups excluding carboxylic acids is 1. The van der Waals surface area contributed by atoms with Gasteiger partial charge in [0.15, 0.2) is 5.76 Å². The quantitative estimate of drug-likeness (QED) is 0.618. The lowest BCUT2D eigenvalue weighted by molar-refractivity contribution is 0.0649. The van der Waals surface area contributed by atoms with Crippen LogP contribution in [0.3, 0.4) is 0 Å². The van der Waals surface area contributed by atoms with Gasteiger partial charge in [-0.3, -0.25) is 9.69 Å². The molecule has 6 heteroatoms. The molecule has 0 unspecified atom stereocenters. The Balaban J connectivity index is 1.50. The lowest BCUT2D eigenvalue weighted by atomic mass is 10.00. The van der Waals surface area contributed by atoms with Crippen LogP contribution >= 0.6 is 0 Å². The monoisotopic (exact) mass is 404 g/mol. The lowest BCUT2D eigenvalue weighted by Crippen LogP contribution is -2.34. The Labute approximate surface area is 175 Å². The first-order valence-corrected chi connectivity index (χ1v) is 10.1. The first-order valence-electron chi connectivity index (χ1n) is 10.1. The molecular weight excluding hydrogens is 380 g/mol. The zero-order chi connectivity index (χ0) is 20.8. The SMILES string of the molecule is COCCN1COc2c(cc3c(c2C)O/C(=C\c2cn(C)c4ccccc24)C3=O)C1. The van der Waals surface area contributed by atoms with Crippen LogP contribution in [0.15, 0.2) is 42.3 Å². The van der Waals surface area contributed by atoms with Crippen molar-refractivity contribution in [3.8, 4) is 11.5 Å². The maximum absolute atomic E-state index is 13.2. The Kier molecular flexibility index (Phi) is 4.60. The fourth-order valence-corrected chi connectivity index (χ4v) is 4.29. The molecule has 0 saturated carbocycles. The number of hydrogen-bond donors (Lipinski definition) is 0. The molecule has 3 heterocycles. The second-order valence-corrected chi connectivity index (χ2v) is 7.84. The van der Waals surface area contributed by atoms with Crippen LogP contribution in [0.2, 0.25) is 0 Å². The fraction of sp³-hybridized carbons (Fsp3) is 0.292. The summed E-state index contributed by atoms with van der Waals surface area (Å²) in [6.45, 7) is 4.60. The van der Waals surface area contributed by atoms with Crippen molar-refractivity contribution in [1.29, 1.82) is 0 Å². The minimum absolute atomic E-state index is 0.0853. The molecule has 3 aromatic rings. The smallest absolute Gasteiger partial charge is 0.231 e. The van der Waals surface area contributed by atoms with Crippen LogP contribution in [0.5, 0.6) is 11.5 Å². The van der Waals surface area contributed by atoms with Gasteiger partial charge in [0.25, 0.3) is 0 Å². The van der Waals surface area contributed by atoms with Crippen molar-refractivity contribution in [1.82, 2.24) is 9.47 Å². The van der Waals surface area contributed by atoms with Crippen LogP contribution in [0.25, 0.3) is 17.0 Å². The summed E-state index contributed by atoms with van der Waals surface area (Å²) in [5, 5.41) is 1.09. The highest BCUT2D eigenvalue weighted by molar-refractivity contribution is 6.15. The molecule has 6 nitrogen and oxygen atoms in total. The first kappa shape index (κ1) is 18.9. The number of methoxy groups -OCH3 is 1. The Morgan fingerprint density at radius 2 is 2.07 bits per heavy atom. The molecule has 0 amide bonds. The highest BCUT2D eigenvalue weighted by Gasteiger charge is 2.33. The minimum Gasteiger partial charge on any atom is -0.477 e. The number of benzene rings is 2. The van der Waals surface area contributed by atoms with E-state index in [1.54, 1.807) is 7.11 Å². The molecule has 30 heavy (non-hydrogen) atoms. The molecule has 0 aliphatic carbocycles. The Morgan fingerprint density at radius 1 is 1.23 bits per heavy atom. The first-order chi connectivity index (χ1) is 14.6. The Hall–Kier alpha value is -3.09. The van der Waals surface area contributed by atoms with E-state index in [1.165, 1.54) is 0 Å². The van der Waals surface area contributed by atoms with Crippen molar-refractivity contribution in [3.05, 3.63) is 64.5 Å². The molecule has 0 saturated heterocycles. The number of ketones is 1.